The van der Waals surface area contributed by atoms with Crippen LogP contribution in [0.15, 0.2) is 60.7 Å². The molecule has 7 heteroatoms. The minimum atomic E-state index is -1.11. The Morgan fingerprint density at radius 3 is 2.10 bits per heavy atom. The first-order valence-corrected chi connectivity index (χ1v) is 9.21. The molecule has 3 rings (SSSR count). The lowest BCUT2D eigenvalue weighted by molar-refractivity contribution is 0.0697. The predicted molar refractivity (Wildman–Crippen MR) is 115 cm³/mol. The zero-order valence-electron chi connectivity index (χ0n) is 16.9. The molecule has 154 valence electrons. The fraction of sp³-hybridized carbons (Fsp3) is 0.130. The molecule has 0 spiro atoms. The van der Waals surface area contributed by atoms with E-state index in [4.69, 9.17) is 9.47 Å². The topological polar surface area (TPSA) is 96.9 Å². The highest BCUT2D eigenvalue weighted by atomic mass is 16.5. The fourth-order valence-electron chi connectivity index (χ4n) is 2.90. The molecule has 30 heavy (non-hydrogen) atoms. The Morgan fingerprint density at radius 1 is 0.867 bits per heavy atom. The third-order valence-corrected chi connectivity index (χ3v) is 4.48. The molecule has 0 unspecified atom stereocenters. The molecular weight excluding hydrogens is 384 g/mol. The Balaban J connectivity index is 1.86. The number of methoxy groups -OCH3 is 1. The molecule has 0 atom stereocenters. The molecule has 3 N–H and O–H groups in total. The van der Waals surface area contributed by atoms with E-state index in [9.17, 15) is 14.7 Å². The smallest absolute Gasteiger partial charge is 0.335 e. The standard InChI is InChI=1S/C23H22N2O5/c1-14-5-4-6-15(2)21(14)25-23(28)24-19-13-16(22(26)27)7-12-20(19)30-18-10-8-17(29-3)9-11-18/h4-13H,1-3H3,(H,26,27)(H2,24,25,28). The van der Waals surface area contributed by atoms with Crippen molar-refractivity contribution in [3.63, 3.8) is 0 Å². The lowest BCUT2D eigenvalue weighted by Crippen LogP contribution is -2.21. The highest BCUT2D eigenvalue weighted by Crippen LogP contribution is 2.32. The molecular formula is C23H22N2O5. The molecule has 0 fully saturated rings. The Kier molecular flexibility index (Phi) is 6.22. The van der Waals surface area contributed by atoms with Gasteiger partial charge in [-0.25, -0.2) is 9.59 Å². The van der Waals surface area contributed by atoms with Gasteiger partial charge in [-0.2, -0.15) is 0 Å². The minimum absolute atomic E-state index is 0.0273. The summed E-state index contributed by atoms with van der Waals surface area (Å²) in [6.45, 7) is 3.79. The van der Waals surface area contributed by atoms with E-state index in [1.165, 1.54) is 18.2 Å². The van der Waals surface area contributed by atoms with Crippen LogP contribution in [0.3, 0.4) is 0 Å². The molecule has 0 saturated carbocycles. The van der Waals surface area contributed by atoms with Gasteiger partial charge < -0.3 is 25.2 Å². The Labute approximate surface area is 174 Å². The van der Waals surface area contributed by atoms with Gasteiger partial charge in [-0.3, -0.25) is 0 Å². The van der Waals surface area contributed by atoms with Gasteiger partial charge in [-0.1, -0.05) is 18.2 Å². The first-order chi connectivity index (χ1) is 14.4. The number of carbonyl (C=O) groups excluding carboxylic acids is 1. The van der Waals surface area contributed by atoms with E-state index in [2.05, 4.69) is 10.6 Å². The quantitative estimate of drug-likeness (QED) is 0.506. The number of urea groups is 1. The van der Waals surface area contributed by atoms with E-state index < -0.39 is 12.0 Å². The van der Waals surface area contributed by atoms with Crippen molar-refractivity contribution in [3.05, 3.63) is 77.4 Å². The summed E-state index contributed by atoms with van der Waals surface area (Å²) in [5, 5.41) is 14.8. The van der Waals surface area contributed by atoms with E-state index >= 15 is 0 Å². The Hall–Kier alpha value is -4.00. The molecule has 0 aliphatic rings. The lowest BCUT2D eigenvalue weighted by atomic mass is 10.1. The summed E-state index contributed by atoms with van der Waals surface area (Å²) in [6, 6.07) is 16.4. The lowest BCUT2D eigenvalue weighted by Gasteiger charge is -2.15. The first kappa shape index (κ1) is 20.7. The van der Waals surface area contributed by atoms with Crippen LogP contribution in [-0.2, 0) is 0 Å². The number of ether oxygens (including phenoxy) is 2. The SMILES string of the molecule is COc1ccc(Oc2ccc(C(=O)O)cc2NC(=O)Nc2c(C)cccc2C)cc1. The van der Waals surface area contributed by atoms with Crippen LogP contribution in [0.2, 0.25) is 0 Å². The minimum Gasteiger partial charge on any atom is -0.497 e. The largest absolute Gasteiger partial charge is 0.497 e. The maximum Gasteiger partial charge on any atom is 0.335 e. The number of carbonyl (C=O) groups is 2. The van der Waals surface area contributed by atoms with Crippen LogP contribution in [0.4, 0.5) is 16.2 Å². The van der Waals surface area contributed by atoms with Crippen LogP contribution in [0.1, 0.15) is 21.5 Å². The summed E-state index contributed by atoms with van der Waals surface area (Å²) >= 11 is 0. The number of rotatable bonds is 6. The number of amides is 2. The van der Waals surface area contributed by atoms with Crippen molar-refractivity contribution in [1.29, 1.82) is 0 Å². The zero-order chi connectivity index (χ0) is 21.7. The number of nitrogens with one attached hydrogen (secondary N) is 2. The van der Waals surface area contributed by atoms with Crippen LogP contribution in [-0.4, -0.2) is 24.2 Å². The predicted octanol–water partition coefficient (Wildman–Crippen LogP) is 5.45. The van der Waals surface area contributed by atoms with Crippen molar-refractivity contribution in [1.82, 2.24) is 0 Å². The van der Waals surface area contributed by atoms with Gasteiger partial charge in [0.25, 0.3) is 0 Å². The summed E-state index contributed by atoms with van der Waals surface area (Å²) in [5.41, 5.74) is 2.79. The van der Waals surface area contributed by atoms with Gasteiger partial charge in [0.1, 0.15) is 11.5 Å². The summed E-state index contributed by atoms with van der Waals surface area (Å²) < 4.78 is 11.0. The van der Waals surface area contributed by atoms with Crippen LogP contribution >= 0.6 is 0 Å². The third kappa shape index (κ3) is 4.88. The van der Waals surface area contributed by atoms with Crippen molar-refractivity contribution < 1.29 is 24.2 Å². The second-order valence-corrected chi connectivity index (χ2v) is 6.64. The number of aryl methyl sites for hydroxylation is 2. The van der Waals surface area contributed by atoms with Gasteiger partial charge in [-0.05, 0) is 67.4 Å². The molecule has 0 aliphatic heterocycles. The third-order valence-electron chi connectivity index (χ3n) is 4.48. The van der Waals surface area contributed by atoms with Crippen LogP contribution in [0.5, 0.6) is 17.2 Å². The molecule has 7 nitrogen and oxygen atoms in total. The second-order valence-electron chi connectivity index (χ2n) is 6.64. The number of carboxylic acid groups (broad SMARTS) is 1. The maximum atomic E-state index is 12.6. The van der Waals surface area contributed by atoms with Crippen LogP contribution in [0.25, 0.3) is 0 Å². The maximum absolute atomic E-state index is 12.6. The summed E-state index contributed by atoms with van der Waals surface area (Å²) in [7, 11) is 1.57. The number of para-hydroxylation sites is 1. The van der Waals surface area contributed by atoms with Crippen LogP contribution in [0, 0.1) is 13.8 Å². The molecule has 0 bridgehead atoms. The molecule has 2 amide bonds. The highest BCUT2D eigenvalue weighted by molar-refractivity contribution is 6.02. The van der Waals surface area contributed by atoms with E-state index in [0.717, 1.165) is 11.1 Å². The molecule has 0 radical (unpaired) electrons. The Bertz CT molecular complexity index is 1060. The van der Waals surface area contributed by atoms with Crippen molar-refractivity contribution in [2.45, 2.75) is 13.8 Å². The first-order valence-electron chi connectivity index (χ1n) is 9.21. The number of hydrogen-bond acceptors (Lipinski definition) is 4. The van der Waals surface area contributed by atoms with Gasteiger partial charge in [0.2, 0.25) is 0 Å². The molecule has 3 aromatic rings. The fourth-order valence-corrected chi connectivity index (χ4v) is 2.90. The van der Waals surface area contributed by atoms with Gasteiger partial charge >= 0.3 is 12.0 Å². The molecule has 0 aliphatic carbocycles. The van der Waals surface area contributed by atoms with Crippen molar-refractivity contribution in [3.8, 4) is 17.2 Å². The number of carboxylic acids is 1. The highest BCUT2D eigenvalue weighted by Gasteiger charge is 2.14. The van der Waals surface area contributed by atoms with E-state index in [1.54, 1.807) is 31.4 Å². The number of anilines is 2. The number of hydrogen-bond donors (Lipinski definition) is 3. The van der Waals surface area contributed by atoms with Crippen molar-refractivity contribution in [2.24, 2.45) is 0 Å². The average molecular weight is 406 g/mol. The van der Waals surface area contributed by atoms with E-state index in [-0.39, 0.29) is 11.3 Å². The van der Waals surface area contributed by atoms with E-state index in [0.29, 0.717) is 22.9 Å². The van der Waals surface area contributed by atoms with Gasteiger partial charge in [0.15, 0.2) is 5.75 Å². The monoisotopic (exact) mass is 406 g/mol. The number of benzene rings is 3. The van der Waals surface area contributed by atoms with Gasteiger partial charge in [-0.15, -0.1) is 0 Å². The van der Waals surface area contributed by atoms with Crippen molar-refractivity contribution in [2.75, 3.05) is 17.7 Å². The molecule has 0 heterocycles. The summed E-state index contributed by atoms with van der Waals surface area (Å²) in [4.78, 5) is 24.0. The zero-order valence-corrected chi connectivity index (χ0v) is 16.9. The number of aromatic carboxylic acids is 1. The summed E-state index contributed by atoms with van der Waals surface area (Å²) in [6.07, 6.45) is 0. The molecule has 3 aromatic carbocycles. The molecule has 0 saturated heterocycles. The van der Waals surface area contributed by atoms with E-state index in [1.807, 2.05) is 32.0 Å². The van der Waals surface area contributed by atoms with Crippen LogP contribution < -0.4 is 20.1 Å². The van der Waals surface area contributed by atoms with Crippen molar-refractivity contribution >= 4 is 23.4 Å². The molecule has 0 aromatic heterocycles. The Morgan fingerprint density at radius 2 is 1.50 bits per heavy atom. The van der Waals surface area contributed by atoms with Gasteiger partial charge in [0.05, 0.1) is 18.4 Å². The average Bonchev–Trinajstić information content (AvgIpc) is 2.72. The summed E-state index contributed by atoms with van der Waals surface area (Å²) in [5.74, 6) is 0.387. The normalized spacial score (nSPS) is 10.2. The van der Waals surface area contributed by atoms with Gasteiger partial charge in [0, 0.05) is 5.69 Å². The second kappa shape index (κ2) is 9.00.